The van der Waals surface area contributed by atoms with Gasteiger partial charge in [-0.1, -0.05) is 30.3 Å². The molecule has 1 N–H and O–H groups in total. The summed E-state index contributed by atoms with van der Waals surface area (Å²) in [5, 5.41) is 2.96. The Morgan fingerprint density at radius 2 is 1.50 bits per heavy atom. The van der Waals surface area contributed by atoms with E-state index in [1.54, 1.807) is 0 Å². The van der Waals surface area contributed by atoms with Crippen molar-refractivity contribution in [2.24, 2.45) is 23.2 Å². The summed E-state index contributed by atoms with van der Waals surface area (Å²) in [5.41, 5.74) is 1.56. The molecule has 5 nitrogen and oxygen atoms in total. The molecule has 0 spiro atoms. The molecule has 5 aliphatic rings. The van der Waals surface area contributed by atoms with Gasteiger partial charge in [0.05, 0.1) is 6.54 Å². The van der Waals surface area contributed by atoms with Crippen molar-refractivity contribution in [3.8, 4) is 0 Å². The molecule has 1 aliphatic heterocycles. The van der Waals surface area contributed by atoms with E-state index < -0.39 is 0 Å². The minimum absolute atomic E-state index is 0.0632. The molecule has 0 aromatic heterocycles. The van der Waals surface area contributed by atoms with Crippen molar-refractivity contribution in [2.75, 3.05) is 32.7 Å². The highest BCUT2D eigenvalue weighted by atomic mass is 16.2. The fourth-order valence-electron chi connectivity index (χ4n) is 7.19. The van der Waals surface area contributed by atoms with E-state index >= 15 is 0 Å². The zero-order valence-electron chi connectivity index (χ0n) is 18.0. The van der Waals surface area contributed by atoms with Crippen LogP contribution in [0.5, 0.6) is 0 Å². The second kappa shape index (κ2) is 8.33. The lowest BCUT2D eigenvalue weighted by molar-refractivity contribution is -0.136. The Morgan fingerprint density at radius 1 is 0.900 bits per heavy atom. The van der Waals surface area contributed by atoms with Gasteiger partial charge in [-0.2, -0.15) is 0 Å². The number of carbonyl (C=O) groups is 2. The van der Waals surface area contributed by atoms with Crippen LogP contribution in [0.4, 0.5) is 0 Å². The van der Waals surface area contributed by atoms with Crippen molar-refractivity contribution < 1.29 is 9.59 Å². The molecule has 1 saturated heterocycles. The van der Waals surface area contributed by atoms with Crippen molar-refractivity contribution in [2.45, 2.75) is 51.5 Å². The summed E-state index contributed by atoms with van der Waals surface area (Å²) in [7, 11) is 0. The molecule has 6 rings (SSSR count). The Bertz CT molecular complexity index is 735. The first-order chi connectivity index (χ1) is 14.6. The van der Waals surface area contributed by atoms with E-state index in [9.17, 15) is 9.59 Å². The van der Waals surface area contributed by atoms with Crippen LogP contribution >= 0.6 is 0 Å². The molecule has 4 saturated carbocycles. The Kier molecular flexibility index (Phi) is 5.57. The molecule has 1 aromatic rings. The lowest BCUT2D eigenvalue weighted by Gasteiger charge is -2.56. The van der Waals surface area contributed by atoms with E-state index in [4.69, 9.17) is 0 Å². The predicted octanol–water partition coefficient (Wildman–Crippen LogP) is 3.05. The van der Waals surface area contributed by atoms with Gasteiger partial charge in [0.2, 0.25) is 11.8 Å². The molecule has 5 heteroatoms. The largest absolute Gasteiger partial charge is 0.347 e. The number of amides is 2. The molecule has 30 heavy (non-hydrogen) atoms. The van der Waals surface area contributed by atoms with Crippen molar-refractivity contribution in [1.29, 1.82) is 0 Å². The van der Waals surface area contributed by atoms with Crippen LogP contribution in [0.1, 0.15) is 50.5 Å². The molecule has 5 fully saturated rings. The van der Waals surface area contributed by atoms with Crippen LogP contribution in [0.2, 0.25) is 0 Å². The summed E-state index contributed by atoms with van der Waals surface area (Å²) >= 11 is 0. The van der Waals surface area contributed by atoms with Crippen molar-refractivity contribution in [3.63, 3.8) is 0 Å². The number of hydrogen-bond acceptors (Lipinski definition) is 3. The van der Waals surface area contributed by atoms with E-state index in [1.165, 1.54) is 44.1 Å². The molecule has 1 aromatic carbocycles. The number of carbonyl (C=O) groups excluding carboxylic acids is 2. The zero-order chi connectivity index (χ0) is 20.6. The maximum absolute atomic E-state index is 12.7. The fraction of sp³-hybridized carbons (Fsp3) is 0.680. The summed E-state index contributed by atoms with van der Waals surface area (Å²) in [6, 6.07) is 10.5. The van der Waals surface area contributed by atoms with Gasteiger partial charge in [0.1, 0.15) is 0 Å². The van der Waals surface area contributed by atoms with E-state index in [1.807, 2.05) is 11.0 Å². The summed E-state index contributed by atoms with van der Waals surface area (Å²) in [5.74, 6) is 2.73. The maximum Gasteiger partial charge on any atom is 0.242 e. The molecular formula is C25H35N3O2. The van der Waals surface area contributed by atoms with Gasteiger partial charge in [0.15, 0.2) is 0 Å². The van der Waals surface area contributed by atoms with Gasteiger partial charge in [-0.05, 0) is 67.3 Å². The average Bonchev–Trinajstić information content (AvgIpc) is 2.72. The van der Waals surface area contributed by atoms with Crippen LogP contribution in [-0.2, 0) is 16.1 Å². The molecule has 4 aliphatic carbocycles. The van der Waals surface area contributed by atoms with E-state index in [0.29, 0.717) is 6.42 Å². The Balaban J connectivity index is 1.05. The highest BCUT2D eigenvalue weighted by Crippen LogP contribution is 2.61. The molecule has 1 heterocycles. The third-order valence-corrected chi connectivity index (χ3v) is 8.11. The Morgan fingerprint density at radius 3 is 2.10 bits per heavy atom. The summed E-state index contributed by atoms with van der Waals surface area (Å²) in [4.78, 5) is 29.6. The molecule has 0 radical (unpaired) electrons. The molecule has 0 atom stereocenters. The maximum atomic E-state index is 12.7. The number of hydrogen-bond donors (Lipinski definition) is 1. The molecule has 2 amide bonds. The zero-order valence-corrected chi connectivity index (χ0v) is 18.0. The third kappa shape index (κ3) is 4.41. The second-order valence-corrected chi connectivity index (χ2v) is 10.5. The Labute approximate surface area is 180 Å². The normalized spacial score (nSPS) is 32.9. The number of nitrogens with one attached hydrogen (secondary N) is 1. The first-order valence-electron chi connectivity index (χ1n) is 11.9. The van der Waals surface area contributed by atoms with Crippen molar-refractivity contribution >= 4 is 11.8 Å². The van der Waals surface area contributed by atoms with Crippen LogP contribution < -0.4 is 5.32 Å². The number of nitrogens with zero attached hydrogens (tertiary/aromatic N) is 2. The van der Waals surface area contributed by atoms with Gasteiger partial charge in [0.25, 0.3) is 0 Å². The topological polar surface area (TPSA) is 52.7 Å². The quantitative estimate of drug-likeness (QED) is 0.786. The second-order valence-electron chi connectivity index (χ2n) is 10.5. The average molecular weight is 410 g/mol. The van der Waals surface area contributed by atoms with Gasteiger partial charge >= 0.3 is 0 Å². The standard InChI is InChI=1S/C25H35N3O2/c29-23(16-25-13-20-10-21(14-25)12-22(11-20)15-25)26-17-24(30)28-8-6-27(7-9-28)18-19-4-2-1-3-5-19/h1-5,20-22H,6-18H2,(H,26,29). The van der Waals surface area contributed by atoms with Gasteiger partial charge in [-0.15, -0.1) is 0 Å². The van der Waals surface area contributed by atoms with E-state index in [-0.39, 0.29) is 23.8 Å². The van der Waals surface area contributed by atoms with Gasteiger partial charge in [-0.3, -0.25) is 14.5 Å². The van der Waals surface area contributed by atoms with Gasteiger partial charge in [0, 0.05) is 39.1 Å². The lowest BCUT2D eigenvalue weighted by Crippen LogP contribution is -2.51. The van der Waals surface area contributed by atoms with E-state index in [2.05, 4.69) is 34.5 Å². The van der Waals surface area contributed by atoms with Gasteiger partial charge in [-0.25, -0.2) is 0 Å². The monoisotopic (exact) mass is 409 g/mol. The molecular weight excluding hydrogens is 374 g/mol. The molecule has 0 unspecified atom stereocenters. The van der Waals surface area contributed by atoms with Crippen LogP contribution in [0.15, 0.2) is 30.3 Å². The van der Waals surface area contributed by atoms with Gasteiger partial charge < -0.3 is 10.2 Å². The first-order valence-corrected chi connectivity index (χ1v) is 11.9. The summed E-state index contributed by atoms with van der Waals surface area (Å²) in [6.45, 7) is 4.37. The van der Waals surface area contributed by atoms with Crippen LogP contribution in [0.3, 0.4) is 0 Å². The smallest absolute Gasteiger partial charge is 0.242 e. The van der Waals surface area contributed by atoms with Crippen LogP contribution in [0.25, 0.3) is 0 Å². The number of benzene rings is 1. The number of piperazine rings is 1. The van der Waals surface area contributed by atoms with Crippen LogP contribution in [0, 0.1) is 23.2 Å². The summed E-state index contributed by atoms with van der Waals surface area (Å²) in [6.07, 6.45) is 8.55. The number of rotatable bonds is 6. The highest BCUT2D eigenvalue weighted by molar-refractivity contribution is 5.85. The molecule has 162 valence electrons. The van der Waals surface area contributed by atoms with Crippen molar-refractivity contribution in [3.05, 3.63) is 35.9 Å². The Hall–Kier alpha value is -1.88. The predicted molar refractivity (Wildman–Crippen MR) is 117 cm³/mol. The highest BCUT2D eigenvalue weighted by Gasteiger charge is 2.51. The van der Waals surface area contributed by atoms with Crippen molar-refractivity contribution in [1.82, 2.24) is 15.1 Å². The minimum atomic E-state index is 0.0632. The third-order valence-electron chi connectivity index (χ3n) is 8.11. The SMILES string of the molecule is O=C(CC12CC3CC(CC(C3)C1)C2)NCC(=O)N1CCN(Cc2ccccc2)CC1. The first kappa shape index (κ1) is 20.0. The lowest BCUT2D eigenvalue weighted by atomic mass is 9.49. The van der Waals surface area contributed by atoms with E-state index in [0.717, 1.165) is 50.5 Å². The minimum Gasteiger partial charge on any atom is -0.347 e. The summed E-state index contributed by atoms with van der Waals surface area (Å²) < 4.78 is 0. The van der Waals surface area contributed by atoms with Crippen LogP contribution in [-0.4, -0.2) is 54.3 Å². The fourth-order valence-corrected chi connectivity index (χ4v) is 7.19. The molecule has 4 bridgehead atoms.